The summed E-state index contributed by atoms with van der Waals surface area (Å²) in [6.45, 7) is 2.76. The molecule has 0 aliphatic heterocycles. The topological polar surface area (TPSA) is 50.9 Å². The van der Waals surface area contributed by atoms with Crippen LogP contribution in [0.4, 0.5) is 5.82 Å². The molecule has 100 valence electrons. The summed E-state index contributed by atoms with van der Waals surface area (Å²) in [5.74, 6) is 1.67. The van der Waals surface area contributed by atoms with Crippen LogP contribution in [0.5, 0.6) is 0 Å². The summed E-state index contributed by atoms with van der Waals surface area (Å²) in [6, 6.07) is 2.45. The smallest absolute Gasteiger partial charge is 0.129 e. The Kier molecular flexibility index (Phi) is 5.01. The maximum Gasteiger partial charge on any atom is 0.129 e. The molecule has 1 aromatic heterocycles. The van der Waals surface area contributed by atoms with Crippen LogP contribution in [0.15, 0.2) is 16.7 Å². The molecule has 4 heteroatoms. The lowest BCUT2D eigenvalue weighted by atomic mass is 9.84. The number of nitrogens with one attached hydrogen (secondary N) is 1. The molecule has 18 heavy (non-hydrogen) atoms. The number of nitrogens with zero attached hydrogens (tertiary/aromatic N) is 1. The Labute approximate surface area is 118 Å². The van der Waals surface area contributed by atoms with Gasteiger partial charge in [-0.3, -0.25) is 0 Å². The first-order chi connectivity index (χ1) is 8.70. The number of aryl methyl sites for hydroxylation is 1. The van der Waals surface area contributed by atoms with Gasteiger partial charge in [0.1, 0.15) is 5.82 Å². The molecule has 1 aliphatic carbocycles. The average Bonchev–Trinajstić information content (AvgIpc) is 2.39. The van der Waals surface area contributed by atoms with Gasteiger partial charge in [0.2, 0.25) is 0 Å². The van der Waals surface area contributed by atoms with Crippen LogP contribution in [0.2, 0.25) is 0 Å². The van der Waals surface area contributed by atoms with E-state index in [-0.39, 0.29) is 0 Å². The fourth-order valence-corrected chi connectivity index (χ4v) is 3.22. The number of aromatic nitrogens is 1. The van der Waals surface area contributed by atoms with Crippen molar-refractivity contribution in [2.24, 2.45) is 11.7 Å². The van der Waals surface area contributed by atoms with Crippen molar-refractivity contribution in [1.82, 2.24) is 4.98 Å². The molecular weight excluding hydrogens is 290 g/mol. The molecule has 1 aliphatic rings. The second kappa shape index (κ2) is 6.53. The molecule has 0 spiro atoms. The highest BCUT2D eigenvalue weighted by Crippen LogP contribution is 2.28. The highest BCUT2D eigenvalue weighted by atomic mass is 79.9. The molecule has 0 radical (unpaired) electrons. The van der Waals surface area contributed by atoms with Crippen LogP contribution in [-0.2, 0) is 0 Å². The van der Waals surface area contributed by atoms with Gasteiger partial charge in [-0.2, -0.15) is 0 Å². The van der Waals surface area contributed by atoms with E-state index in [0.717, 1.165) is 10.3 Å². The quantitative estimate of drug-likeness (QED) is 0.895. The Morgan fingerprint density at radius 2 is 2.17 bits per heavy atom. The molecule has 1 aromatic rings. The molecule has 3 nitrogen and oxygen atoms in total. The van der Waals surface area contributed by atoms with E-state index in [9.17, 15) is 0 Å². The first-order valence-corrected chi connectivity index (χ1v) is 7.58. The number of rotatable bonds is 4. The molecular formula is C14H22BrN3. The van der Waals surface area contributed by atoms with E-state index >= 15 is 0 Å². The van der Waals surface area contributed by atoms with E-state index < -0.39 is 0 Å². The van der Waals surface area contributed by atoms with Crippen LogP contribution >= 0.6 is 15.9 Å². The monoisotopic (exact) mass is 311 g/mol. The van der Waals surface area contributed by atoms with Crippen molar-refractivity contribution < 1.29 is 0 Å². The first-order valence-electron chi connectivity index (χ1n) is 6.79. The van der Waals surface area contributed by atoms with Gasteiger partial charge < -0.3 is 11.1 Å². The van der Waals surface area contributed by atoms with Gasteiger partial charge in [-0.25, -0.2) is 4.98 Å². The van der Waals surface area contributed by atoms with Crippen LogP contribution < -0.4 is 11.1 Å². The minimum absolute atomic E-state index is 0.359. The zero-order valence-corrected chi connectivity index (χ0v) is 12.5. The predicted octanol–water partition coefficient (Wildman–Crippen LogP) is 3.47. The van der Waals surface area contributed by atoms with E-state index in [1.54, 1.807) is 0 Å². The molecule has 1 fully saturated rings. The Balaban J connectivity index is 2.04. The Hall–Kier alpha value is -0.610. The third kappa shape index (κ3) is 3.45. The zero-order chi connectivity index (χ0) is 13.0. The molecule has 0 bridgehead atoms. The Morgan fingerprint density at radius 1 is 1.44 bits per heavy atom. The van der Waals surface area contributed by atoms with Crippen molar-refractivity contribution in [3.63, 3.8) is 0 Å². The van der Waals surface area contributed by atoms with Gasteiger partial charge in [0.25, 0.3) is 0 Å². The summed E-state index contributed by atoms with van der Waals surface area (Å²) in [5, 5.41) is 3.54. The summed E-state index contributed by atoms with van der Waals surface area (Å²) in [6.07, 6.45) is 8.49. The molecule has 1 saturated carbocycles. The van der Waals surface area contributed by atoms with Crippen molar-refractivity contribution in [3.05, 3.63) is 22.3 Å². The van der Waals surface area contributed by atoms with Crippen molar-refractivity contribution in [1.29, 1.82) is 0 Å². The Bertz CT molecular complexity index is 389. The standard InChI is InChI=1S/C14H22BrN3/c1-10-7-12(15)9-17-14(10)18-13(8-16)11-5-3-2-4-6-11/h7,9,11,13H,2-6,8,16H2,1H3,(H,17,18). The summed E-state index contributed by atoms with van der Waals surface area (Å²) < 4.78 is 1.02. The van der Waals surface area contributed by atoms with Crippen LogP contribution in [0.25, 0.3) is 0 Å². The minimum Gasteiger partial charge on any atom is -0.366 e. The van der Waals surface area contributed by atoms with Crippen molar-refractivity contribution in [3.8, 4) is 0 Å². The predicted molar refractivity (Wildman–Crippen MR) is 79.7 cm³/mol. The summed E-state index contributed by atoms with van der Waals surface area (Å²) in [4.78, 5) is 4.45. The van der Waals surface area contributed by atoms with Crippen LogP contribution in [0.3, 0.4) is 0 Å². The van der Waals surface area contributed by atoms with E-state index in [2.05, 4.69) is 39.2 Å². The molecule has 1 heterocycles. The fraction of sp³-hybridized carbons (Fsp3) is 0.643. The molecule has 0 saturated heterocycles. The maximum absolute atomic E-state index is 5.93. The fourth-order valence-electron chi connectivity index (χ4n) is 2.77. The highest BCUT2D eigenvalue weighted by Gasteiger charge is 2.23. The number of hydrogen-bond donors (Lipinski definition) is 2. The number of hydrogen-bond acceptors (Lipinski definition) is 3. The molecule has 0 aromatic carbocycles. The largest absolute Gasteiger partial charge is 0.366 e. The maximum atomic E-state index is 5.93. The van der Waals surface area contributed by atoms with Gasteiger partial charge in [0.15, 0.2) is 0 Å². The van der Waals surface area contributed by atoms with Gasteiger partial charge in [0.05, 0.1) is 0 Å². The average molecular weight is 312 g/mol. The zero-order valence-electron chi connectivity index (χ0n) is 11.0. The van der Waals surface area contributed by atoms with Gasteiger partial charge >= 0.3 is 0 Å². The minimum atomic E-state index is 0.359. The molecule has 2 rings (SSSR count). The lowest BCUT2D eigenvalue weighted by molar-refractivity contribution is 0.320. The van der Waals surface area contributed by atoms with E-state index in [1.165, 1.54) is 37.7 Å². The van der Waals surface area contributed by atoms with Crippen molar-refractivity contribution in [2.45, 2.75) is 45.1 Å². The SMILES string of the molecule is Cc1cc(Br)cnc1NC(CN)C1CCCCC1. The van der Waals surface area contributed by atoms with Crippen LogP contribution in [-0.4, -0.2) is 17.6 Å². The second-order valence-corrected chi connectivity index (χ2v) is 6.12. The number of halogens is 1. The summed E-state index contributed by atoms with van der Waals surface area (Å²) in [7, 11) is 0. The first kappa shape index (κ1) is 13.8. The van der Waals surface area contributed by atoms with Crippen molar-refractivity contribution >= 4 is 21.7 Å². The third-order valence-corrected chi connectivity index (χ3v) is 4.27. The molecule has 1 atom stereocenters. The summed E-state index contributed by atoms with van der Waals surface area (Å²) >= 11 is 3.44. The second-order valence-electron chi connectivity index (χ2n) is 5.20. The molecule has 0 amide bonds. The molecule has 3 N–H and O–H groups in total. The lowest BCUT2D eigenvalue weighted by Gasteiger charge is -2.30. The van der Waals surface area contributed by atoms with E-state index in [0.29, 0.717) is 18.5 Å². The number of anilines is 1. The van der Waals surface area contributed by atoms with E-state index in [1.807, 2.05) is 6.20 Å². The van der Waals surface area contributed by atoms with Crippen LogP contribution in [0, 0.1) is 12.8 Å². The normalized spacial score (nSPS) is 18.6. The van der Waals surface area contributed by atoms with Gasteiger partial charge in [0, 0.05) is 23.3 Å². The highest BCUT2D eigenvalue weighted by molar-refractivity contribution is 9.10. The van der Waals surface area contributed by atoms with Gasteiger partial charge in [-0.05, 0) is 53.2 Å². The third-order valence-electron chi connectivity index (χ3n) is 3.84. The van der Waals surface area contributed by atoms with Crippen LogP contribution in [0.1, 0.15) is 37.7 Å². The number of nitrogens with two attached hydrogens (primary N) is 1. The Morgan fingerprint density at radius 3 is 2.78 bits per heavy atom. The number of pyridine rings is 1. The molecule has 1 unspecified atom stereocenters. The summed E-state index contributed by atoms with van der Waals surface area (Å²) in [5.41, 5.74) is 7.10. The van der Waals surface area contributed by atoms with Gasteiger partial charge in [-0.1, -0.05) is 19.3 Å². The van der Waals surface area contributed by atoms with E-state index in [4.69, 9.17) is 5.73 Å². The van der Waals surface area contributed by atoms with Gasteiger partial charge in [-0.15, -0.1) is 0 Å². The lowest BCUT2D eigenvalue weighted by Crippen LogP contribution is -2.37. The van der Waals surface area contributed by atoms with Crippen molar-refractivity contribution in [2.75, 3.05) is 11.9 Å².